The van der Waals surface area contributed by atoms with Gasteiger partial charge in [0.25, 0.3) is 5.91 Å². The number of carbonyl (C=O) groups is 1. The highest BCUT2D eigenvalue weighted by Gasteiger charge is 2.27. The number of morpholine rings is 1. The normalized spacial score (nSPS) is 17.0. The number of carbonyl (C=O) groups excluding carboxylic acids is 1. The van der Waals surface area contributed by atoms with Gasteiger partial charge in [0, 0.05) is 31.0 Å². The van der Waals surface area contributed by atoms with Gasteiger partial charge in [-0.2, -0.15) is 0 Å². The average Bonchev–Trinajstić information content (AvgIpc) is 3.05. The van der Waals surface area contributed by atoms with Crippen molar-refractivity contribution in [2.75, 3.05) is 42.6 Å². The summed E-state index contributed by atoms with van der Waals surface area (Å²) >= 11 is 6.21. The topological polar surface area (TPSA) is 32.8 Å². The molecule has 0 saturated carbocycles. The Labute approximate surface area is 146 Å². The lowest BCUT2D eigenvalue weighted by atomic mass is 10.1. The SMILES string of the molecule is O=C(c1ccccc1Cl)N1CCc2ccc(N3CCOCC3)cc21. The molecule has 124 valence electrons. The molecule has 0 aliphatic carbocycles. The Morgan fingerprint density at radius 2 is 1.83 bits per heavy atom. The molecule has 2 aromatic rings. The first-order valence-corrected chi connectivity index (χ1v) is 8.64. The van der Waals surface area contributed by atoms with Crippen molar-refractivity contribution in [3.05, 3.63) is 58.6 Å². The van der Waals surface area contributed by atoms with Crippen LogP contribution in [0.1, 0.15) is 15.9 Å². The quantitative estimate of drug-likeness (QED) is 0.838. The number of ether oxygens (including phenoxy) is 1. The van der Waals surface area contributed by atoms with Gasteiger partial charge in [-0.1, -0.05) is 29.8 Å². The van der Waals surface area contributed by atoms with Gasteiger partial charge in [-0.15, -0.1) is 0 Å². The summed E-state index contributed by atoms with van der Waals surface area (Å²) in [5.41, 5.74) is 3.93. The molecule has 5 heteroatoms. The molecule has 1 fully saturated rings. The van der Waals surface area contributed by atoms with E-state index >= 15 is 0 Å². The number of rotatable bonds is 2. The summed E-state index contributed by atoms with van der Waals surface area (Å²) in [5, 5.41) is 0.500. The molecule has 0 radical (unpaired) electrons. The molecule has 24 heavy (non-hydrogen) atoms. The van der Waals surface area contributed by atoms with Crippen LogP contribution in [0.3, 0.4) is 0 Å². The van der Waals surface area contributed by atoms with Crippen molar-refractivity contribution in [1.29, 1.82) is 0 Å². The fraction of sp³-hybridized carbons (Fsp3) is 0.316. The van der Waals surface area contributed by atoms with Crippen molar-refractivity contribution >= 4 is 28.9 Å². The van der Waals surface area contributed by atoms with E-state index in [2.05, 4.69) is 23.1 Å². The standard InChI is InChI=1S/C19H19ClN2O2/c20-17-4-2-1-3-16(17)19(23)22-8-7-14-5-6-15(13-18(14)22)21-9-11-24-12-10-21/h1-6,13H,7-12H2. The highest BCUT2D eigenvalue weighted by molar-refractivity contribution is 6.34. The lowest BCUT2D eigenvalue weighted by Gasteiger charge is -2.29. The van der Waals surface area contributed by atoms with E-state index < -0.39 is 0 Å². The summed E-state index contributed by atoms with van der Waals surface area (Å²) in [4.78, 5) is 17.1. The van der Waals surface area contributed by atoms with Gasteiger partial charge in [0.15, 0.2) is 0 Å². The maximum absolute atomic E-state index is 12.9. The summed E-state index contributed by atoms with van der Waals surface area (Å²) < 4.78 is 5.42. The number of fused-ring (bicyclic) bond motifs is 1. The van der Waals surface area contributed by atoms with Crippen LogP contribution in [0, 0.1) is 0 Å². The zero-order chi connectivity index (χ0) is 16.5. The molecule has 1 saturated heterocycles. The molecule has 2 heterocycles. The van der Waals surface area contributed by atoms with Gasteiger partial charge in [-0.05, 0) is 36.2 Å². The summed E-state index contributed by atoms with van der Waals surface area (Å²) in [5.74, 6) is -0.0292. The highest BCUT2D eigenvalue weighted by atomic mass is 35.5. The van der Waals surface area contributed by atoms with Crippen molar-refractivity contribution < 1.29 is 9.53 Å². The maximum Gasteiger partial charge on any atom is 0.259 e. The second kappa shape index (κ2) is 6.46. The van der Waals surface area contributed by atoms with Gasteiger partial charge >= 0.3 is 0 Å². The Bertz CT molecular complexity index is 772. The number of nitrogens with zero attached hydrogens (tertiary/aromatic N) is 2. The molecular weight excluding hydrogens is 324 g/mol. The van der Waals surface area contributed by atoms with E-state index in [0.29, 0.717) is 17.1 Å². The zero-order valence-corrected chi connectivity index (χ0v) is 14.1. The first-order valence-electron chi connectivity index (χ1n) is 8.26. The van der Waals surface area contributed by atoms with Crippen LogP contribution in [-0.4, -0.2) is 38.8 Å². The van der Waals surface area contributed by atoms with E-state index in [9.17, 15) is 4.79 Å². The molecule has 0 atom stereocenters. The number of hydrogen-bond donors (Lipinski definition) is 0. The molecule has 4 nitrogen and oxygen atoms in total. The van der Waals surface area contributed by atoms with Gasteiger partial charge in [-0.3, -0.25) is 4.79 Å². The summed E-state index contributed by atoms with van der Waals surface area (Å²) in [6, 6.07) is 13.6. The Morgan fingerprint density at radius 1 is 1.04 bits per heavy atom. The minimum Gasteiger partial charge on any atom is -0.378 e. The second-order valence-corrected chi connectivity index (χ2v) is 6.51. The Balaban J connectivity index is 1.65. The van der Waals surface area contributed by atoms with E-state index in [1.165, 1.54) is 5.56 Å². The first-order chi connectivity index (χ1) is 11.7. The van der Waals surface area contributed by atoms with Crippen LogP contribution in [0.15, 0.2) is 42.5 Å². The van der Waals surface area contributed by atoms with Gasteiger partial charge in [0.1, 0.15) is 0 Å². The largest absolute Gasteiger partial charge is 0.378 e. The minimum atomic E-state index is -0.0292. The van der Waals surface area contributed by atoms with Crippen LogP contribution in [-0.2, 0) is 11.2 Å². The van der Waals surface area contributed by atoms with E-state index in [0.717, 1.165) is 44.1 Å². The van der Waals surface area contributed by atoms with E-state index in [4.69, 9.17) is 16.3 Å². The van der Waals surface area contributed by atoms with Crippen LogP contribution in [0.4, 0.5) is 11.4 Å². The van der Waals surface area contributed by atoms with Gasteiger partial charge < -0.3 is 14.5 Å². The van der Waals surface area contributed by atoms with Crippen molar-refractivity contribution in [2.45, 2.75) is 6.42 Å². The fourth-order valence-electron chi connectivity index (χ4n) is 3.38. The second-order valence-electron chi connectivity index (χ2n) is 6.10. The lowest BCUT2D eigenvalue weighted by molar-refractivity contribution is 0.0989. The summed E-state index contributed by atoms with van der Waals surface area (Å²) in [7, 11) is 0. The van der Waals surface area contributed by atoms with E-state index in [1.54, 1.807) is 12.1 Å². The van der Waals surface area contributed by atoms with Gasteiger partial charge in [-0.25, -0.2) is 0 Å². The van der Waals surface area contributed by atoms with Gasteiger partial charge in [0.2, 0.25) is 0 Å². The third-order valence-corrected chi connectivity index (χ3v) is 5.02. The fourth-order valence-corrected chi connectivity index (χ4v) is 3.59. The number of halogens is 1. The molecule has 1 amide bonds. The predicted octanol–water partition coefficient (Wildman–Crippen LogP) is 3.38. The third-order valence-electron chi connectivity index (χ3n) is 4.69. The summed E-state index contributed by atoms with van der Waals surface area (Å²) in [6.07, 6.45) is 0.884. The average molecular weight is 343 g/mol. The lowest BCUT2D eigenvalue weighted by Crippen LogP contribution is -2.36. The van der Waals surface area contributed by atoms with Crippen LogP contribution in [0.2, 0.25) is 5.02 Å². The molecule has 2 aliphatic rings. The molecule has 2 aromatic carbocycles. The van der Waals surface area contributed by atoms with Crippen molar-refractivity contribution in [2.24, 2.45) is 0 Å². The van der Waals surface area contributed by atoms with Gasteiger partial charge in [0.05, 0.1) is 23.8 Å². The molecule has 0 aromatic heterocycles. The number of benzene rings is 2. The molecular formula is C19H19ClN2O2. The Kier molecular flexibility index (Phi) is 4.17. The molecule has 4 rings (SSSR count). The van der Waals surface area contributed by atoms with Crippen molar-refractivity contribution in [3.8, 4) is 0 Å². The Hall–Kier alpha value is -2.04. The monoisotopic (exact) mass is 342 g/mol. The molecule has 0 N–H and O–H groups in total. The molecule has 0 bridgehead atoms. The zero-order valence-electron chi connectivity index (χ0n) is 13.4. The van der Waals surface area contributed by atoms with E-state index in [1.807, 2.05) is 17.0 Å². The number of anilines is 2. The highest BCUT2D eigenvalue weighted by Crippen LogP contribution is 2.34. The van der Waals surface area contributed by atoms with Crippen molar-refractivity contribution in [1.82, 2.24) is 0 Å². The summed E-state index contributed by atoms with van der Waals surface area (Å²) in [6.45, 7) is 3.97. The van der Waals surface area contributed by atoms with Crippen LogP contribution in [0.5, 0.6) is 0 Å². The van der Waals surface area contributed by atoms with Crippen LogP contribution in [0.25, 0.3) is 0 Å². The third kappa shape index (κ3) is 2.76. The minimum absolute atomic E-state index is 0.0292. The van der Waals surface area contributed by atoms with E-state index in [-0.39, 0.29) is 5.91 Å². The molecule has 2 aliphatic heterocycles. The molecule has 0 unspecified atom stereocenters. The predicted molar refractivity (Wildman–Crippen MR) is 96.3 cm³/mol. The van der Waals surface area contributed by atoms with Crippen LogP contribution < -0.4 is 9.80 Å². The van der Waals surface area contributed by atoms with Crippen molar-refractivity contribution in [3.63, 3.8) is 0 Å². The number of hydrogen-bond acceptors (Lipinski definition) is 3. The smallest absolute Gasteiger partial charge is 0.259 e. The number of amides is 1. The van der Waals surface area contributed by atoms with Crippen LogP contribution >= 0.6 is 11.6 Å². The Morgan fingerprint density at radius 3 is 2.62 bits per heavy atom. The maximum atomic E-state index is 12.9. The first kappa shape index (κ1) is 15.5. The molecule has 0 spiro atoms.